The van der Waals surface area contributed by atoms with E-state index in [-0.39, 0.29) is 10.8 Å². The van der Waals surface area contributed by atoms with E-state index in [0.717, 1.165) is 11.5 Å². The second kappa shape index (κ2) is 5.86. The van der Waals surface area contributed by atoms with Gasteiger partial charge >= 0.3 is 0 Å². The van der Waals surface area contributed by atoms with Crippen molar-refractivity contribution in [3.8, 4) is 22.6 Å². The second-order valence-electron chi connectivity index (χ2n) is 9.40. The second-order valence-corrected chi connectivity index (χ2v) is 9.40. The Bertz CT molecular complexity index is 1260. The fourth-order valence-electron chi connectivity index (χ4n) is 5.33. The van der Waals surface area contributed by atoms with E-state index in [9.17, 15) is 0 Å². The van der Waals surface area contributed by atoms with E-state index in [2.05, 4.69) is 112 Å². The third-order valence-electron chi connectivity index (χ3n) is 6.71. The summed E-state index contributed by atoms with van der Waals surface area (Å²) in [5, 5.41) is 0. The van der Waals surface area contributed by atoms with Crippen LogP contribution in [0.3, 0.4) is 0 Å². The van der Waals surface area contributed by atoms with E-state index in [1.807, 2.05) is 0 Å². The fraction of sp³-hybridized carbons (Fsp3) is 0.172. The Hall–Kier alpha value is -3.32. The van der Waals surface area contributed by atoms with E-state index in [0.29, 0.717) is 0 Å². The van der Waals surface area contributed by atoms with Gasteiger partial charge in [-0.1, -0.05) is 99.6 Å². The molecule has 0 aromatic heterocycles. The molecule has 1 spiro atoms. The lowest BCUT2D eigenvalue weighted by Gasteiger charge is -2.39. The Morgan fingerprint density at radius 2 is 1.10 bits per heavy atom. The van der Waals surface area contributed by atoms with Gasteiger partial charge in [-0.2, -0.15) is 0 Å². The summed E-state index contributed by atoms with van der Waals surface area (Å²) in [5.74, 6) is 1.89. The highest BCUT2D eigenvalue weighted by molar-refractivity contribution is 5.88. The maximum atomic E-state index is 6.37. The van der Waals surface area contributed by atoms with Gasteiger partial charge in [0.25, 0.3) is 0 Å². The number of rotatable bonds is 0. The summed E-state index contributed by atoms with van der Waals surface area (Å²) in [7, 11) is 0. The van der Waals surface area contributed by atoms with Crippen LogP contribution in [0.5, 0.6) is 11.5 Å². The van der Waals surface area contributed by atoms with Crippen molar-refractivity contribution in [3.63, 3.8) is 0 Å². The number of fused-ring (bicyclic) bond motifs is 9. The third kappa shape index (κ3) is 2.13. The Kier molecular flexibility index (Phi) is 3.42. The van der Waals surface area contributed by atoms with Gasteiger partial charge < -0.3 is 4.74 Å². The van der Waals surface area contributed by atoms with Crippen molar-refractivity contribution >= 4 is 0 Å². The number of hydrogen-bond acceptors (Lipinski definition) is 1. The molecule has 1 aliphatic carbocycles. The lowest BCUT2D eigenvalue weighted by molar-refractivity contribution is 0.436. The van der Waals surface area contributed by atoms with E-state index >= 15 is 0 Å². The quantitative estimate of drug-likeness (QED) is 0.262. The van der Waals surface area contributed by atoms with Gasteiger partial charge in [0.05, 0.1) is 5.41 Å². The number of benzene rings is 4. The Morgan fingerprint density at radius 3 is 1.73 bits per heavy atom. The maximum Gasteiger partial charge on any atom is 0.132 e. The molecule has 1 heteroatoms. The first kappa shape index (κ1) is 17.5. The average molecular weight is 389 g/mol. The summed E-state index contributed by atoms with van der Waals surface area (Å²) in [6.45, 7) is 6.85. The van der Waals surface area contributed by atoms with Gasteiger partial charge in [-0.3, -0.25) is 0 Å². The molecule has 4 aromatic carbocycles. The predicted molar refractivity (Wildman–Crippen MR) is 123 cm³/mol. The number of ether oxygens (including phenoxy) is 1. The molecule has 1 aliphatic heterocycles. The van der Waals surface area contributed by atoms with Crippen LogP contribution in [0.25, 0.3) is 11.1 Å². The van der Waals surface area contributed by atoms with Gasteiger partial charge in [0.15, 0.2) is 0 Å². The van der Waals surface area contributed by atoms with Crippen LogP contribution in [0, 0.1) is 0 Å². The highest BCUT2D eigenvalue weighted by Crippen LogP contribution is 2.62. The van der Waals surface area contributed by atoms with Crippen molar-refractivity contribution in [2.24, 2.45) is 0 Å². The summed E-state index contributed by atoms with van der Waals surface area (Å²) in [4.78, 5) is 0. The Labute approximate surface area is 178 Å². The zero-order valence-electron chi connectivity index (χ0n) is 17.6. The van der Waals surface area contributed by atoms with Crippen molar-refractivity contribution in [1.29, 1.82) is 0 Å². The SMILES string of the molecule is CC(C)(C)c1ccc2c(c1)-c1ccccc1C21c2ccccc2Oc2ccccc21. The minimum absolute atomic E-state index is 0.102. The smallest absolute Gasteiger partial charge is 0.132 e. The Balaban J connectivity index is 1.79. The molecule has 1 nitrogen and oxygen atoms in total. The molecule has 1 heterocycles. The number of para-hydroxylation sites is 2. The lowest BCUT2D eigenvalue weighted by Crippen LogP contribution is -2.32. The first-order valence-corrected chi connectivity index (χ1v) is 10.6. The molecule has 0 bridgehead atoms. The lowest BCUT2D eigenvalue weighted by atomic mass is 9.66. The minimum Gasteiger partial charge on any atom is -0.457 e. The first-order valence-electron chi connectivity index (χ1n) is 10.6. The molecule has 4 aromatic rings. The summed E-state index contributed by atoms with van der Waals surface area (Å²) in [6.07, 6.45) is 0. The zero-order valence-corrected chi connectivity index (χ0v) is 17.6. The highest BCUT2D eigenvalue weighted by Gasteiger charge is 2.50. The molecule has 2 aliphatic rings. The van der Waals surface area contributed by atoms with Crippen LogP contribution in [-0.4, -0.2) is 0 Å². The highest BCUT2D eigenvalue weighted by atomic mass is 16.5. The van der Waals surface area contributed by atoms with Crippen LogP contribution in [0.1, 0.15) is 48.6 Å². The summed E-state index contributed by atoms with van der Waals surface area (Å²) >= 11 is 0. The molecule has 146 valence electrons. The molecule has 0 saturated carbocycles. The van der Waals surface area contributed by atoms with Crippen molar-refractivity contribution in [3.05, 3.63) is 119 Å². The van der Waals surface area contributed by atoms with E-state index in [1.165, 1.54) is 38.9 Å². The van der Waals surface area contributed by atoms with Crippen LogP contribution >= 0.6 is 0 Å². The van der Waals surface area contributed by atoms with Crippen molar-refractivity contribution in [2.75, 3.05) is 0 Å². The first-order chi connectivity index (χ1) is 14.5. The van der Waals surface area contributed by atoms with E-state index < -0.39 is 0 Å². The van der Waals surface area contributed by atoms with E-state index in [4.69, 9.17) is 4.74 Å². The topological polar surface area (TPSA) is 9.23 Å². The maximum absolute atomic E-state index is 6.37. The standard InChI is InChI=1S/C29H24O/c1-28(2,3)19-16-17-23-21(18-19)20-10-4-5-11-22(20)29(23)24-12-6-8-14-26(24)30-27-15-9-7-13-25(27)29/h4-18H,1-3H3. The van der Waals surface area contributed by atoms with Gasteiger partial charge in [-0.15, -0.1) is 0 Å². The van der Waals surface area contributed by atoms with Gasteiger partial charge in [0, 0.05) is 11.1 Å². The van der Waals surface area contributed by atoms with Crippen LogP contribution in [-0.2, 0) is 10.8 Å². The zero-order chi connectivity index (χ0) is 20.5. The molecule has 0 N–H and O–H groups in total. The van der Waals surface area contributed by atoms with Crippen LogP contribution < -0.4 is 4.74 Å². The molecule has 30 heavy (non-hydrogen) atoms. The van der Waals surface area contributed by atoms with Crippen molar-refractivity contribution < 1.29 is 4.74 Å². The molecule has 0 radical (unpaired) electrons. The molecule has 0 amide bonds. The van der Waals surface area contributed by atoms with Gasteiger partial charge in [-0.25, -0.2) is 0 Å². The molecular formula is C29H24O. The van der Waals surface area contributed by atoms with Crippen LogP contribution in [0.2, 0.25) is 0 Å². The molecule has 0 atom stereocenters. The summed E-state index contributed by atoms with van der Waals surface area (Å²) in [5.41, 5.74) is 8.90. The Morgan fingerprint density at radius 1 is 0.567 bits per heavy atom. The summed E-state index contributed by atoms with van der Waals surface area (Å²) < 4.78 is 6.37. The molecular weight excluding hydrogens is 364 g/mol. The predicted octanol–water partition coefficient (Wildman–Crippen LogP) is 7.45. The molecule has 6 rings (SSSR count). The summed E-state index contributed by atoms with van der Waals surface area (Å²) in [6, 6.07) is 33.0. The van der Waals surface area contributed by atoms with Gasteiger partial charge in [-0.05, 0) is 45.4 Å². The van der Waals surface area contributed by atoms with E-state index in [1.54, 1.807) is 0 Å². The minimum atomic E-state index is -0.353. The third-order valence-corrected chi connectivity index (χ3v) is 6.71. The van der Waals surface area contributed by atoms with Crippen molar-refractivity contribution in [1.82, 2.24) is 0 Å². The van der Waals surface area contributed by atoms with Crippen molar-refractivity contribution in [2.45, 2.75) is 31.6 Å². The fourth-order valence-corrected chi connectivity index (χ4v) is 5.33. The molecule has 0 unspecified atom stereocenters. The van der Waals surface area contributed by atoms with Crippen LogP contribution in [0.4, 0.5) is 0 Å². The van der Waals surface area contributed by atoms with Gasteiger partial charge in [0.2, 0.25) is 0 Å². The van der Waals surface area contributed by atoms with Crippen LogP contribution in [0.15, 0.2) is 91.0 Å². The normalized spacial score (nSPS) is 15.0. The molecule has 0 fully saturated rings. The molecule has 0 saturated heterocycles. The largest absolute Gasteiger partial charge is 0.457 e. The van der Waals surface area contributed by atoms with Gasteiger partial charge in [0.1, 0.15) is 11.5 Å². The number of hydrogen-bond donors (Lipinski definition) is 0. The average Bonchev–Trinajstić information content (AvgIpc) is 3.04. The monoisotopic (exact) mass is 388 g/mol.